The van der Waals surface area contributed by atoms with Gasteiger partial charge in [0.1, 0.15) is 11.5 Å². The summed E-state index contributed by atoms with van der Waals surface area (Å²) in [6, 6.07) is 10.2. The number of aryl methyl sites for hydroxylation is 2. The molecule has 0 spiro atoms. The van der Waals surface area contributed by atoms with Gasteiger partial charge in [-0.05, 0) is 68.2 Å². The Kier molecular flexibility index (Phi) is 5.24. The Morgan fingerprint density at radius 1 is 1.17 bits per heavy atom. The first-order chi connectivity index (χ1) is 14.0. The second kappa shape index (κ2) is 7.98. The zero-order valence-corrected chi connectivity index (χ0v) is 16.4. The van der Waals surface area contributed by atoms with Gasteiger partial charge in [-0.15, -0.1) is 0 Å². The van der Waals surface area contributed by atoms with Gasteiger partial charge in [-0.1, -0.05) is 5.16 Å². The molecule has 0 saturated carbocycles. The van der Waals surface area contributed by atoms with Gasteiger partial charge in [-0.2, -0.15) is 0 Å². The van der Waals surface area contributed by atoms with Crippen LogP contribution in [-0.4, -0.2) is 39.2 Å². The number of pyridine rings is 1. The molecule has 29 heavy (non-hydrogen) atoms. The average Bonchev–Trinajstić information content (AvgIpc) is 3.15. The van der Waals surface area contributed by atoms with Gasteiger partial charge < -0.3 is 10.2 Å². The summed E-state index contributed by atoms with van der Waals surface area (Å²) in [5.74, 6) is -0.307. The quantitative estimate of drug-likeness (QED) is 0.719. The Bertz CT molecular complexity index is 1020. The van der Waals surface area contributed by atoms with E-state index in [1.54, 1.807) is 24.0 Å². The van der Waals surface area contributed by atoms with E-state index in [1.165, 1.54) is 12.1 Å². The molecule has 0 aliphatic carbocycles. The van der Waals surface area contributed by atoms with Crippen LogP contribution in [0, 0.1) is 19.7 Å². The molecule has 1 saturated heterocycles. The van der Waals surface area contributed by atoms with Crippen LogP contribution in [0.25, 0.3) is 0 Å². The third-order valence-corrected chi connectivity index (χ3v) is 5.09. The molecule has 0 radical (unpaired) electrons. The van der Waals surface area contributed by atoms with Crippen molar-refractivity contribution in [2.24, 2.45) is 0 Å². The van der Waals surface area contributed by atoms with E-state index in [-0.39, 0.29) is 23.3 Å². The molecule has 3 aromatic rings. The maximum absolute atomic E-state index is 13.1. The maximum atomic E-state index is 13.1. The summed E-state index contributed by atoms with van der Waals surface area (Å²) >= 11 is 0. The Morgan fingerprint density at radius 3 is 2.69 bits per heavy atom. The molecular weight excluding hydrogens is 373 g/mol. The standard InChI is InChI=1S/C21H22FN5O2/c1-13-10-18(24-17-7-5-16(22)6-8-17)11-19(23-13)15-4-3-9-27(12-15)21(28)20-14(2)25-29-26-20/h5-8,10-11,15H,3-4,9,12H2,1-2H3,(H,23,24). The van der Waals surface area contributed by atoms with Crippen molar-refractivity contribution >= 4 is 17.3 Å². The summed E-state index contributed by atoms with van der Waals surface area (Å²) in [6.45, 7) is 4.89. The van der Waals surface area contributed by atoms with Gasteiger partial charge >= 0.3 is 0 Å². The van der Waals surface area contributed by atoms with Gasteiger partial charge in [-0.25, -0.2) is 9.02 Å². The van der Waals surface area contributed by atoms with Crippen molar-refractivity contribution in [1.82, 2.24) is 20.2 Å². The van der Waals surface area contributed by atoms with Crippen molar-refractivity contribution in [2.75, 3.05) is 18.4 Å². The fraction of sp³-hybridized carbons (Fsp3) is 0.333. The first kappa shape index (κ1) is 19.0. The van der Waals surface area contributed by atoms with Crippen LogP contribution in [-0.2, 0) is 0 Å². The van der Waals surface area contributed by atoms with E-state index in [4.69, 9.17) is 4.98 Å². The van der Waals surface area contributed by atoms with E-state index >= 15 is 0 Å². The smallest absolute Gasteiger partial charge is 0.278 e. The number of halogens is 1. The second-order valence-electron chi connectivity index (χ2n) is 7.34. The lowest BCUT2D eigenvalue weighted by atomic mass is 9.93. The molecule has 1 aliphatic rings. The number of anilines is 2. The fourth-order valence-corrected chi connectivity index (χ4v) is 3.65. The summed E-state index contributed by atoms with van der Waals surface area (Å²) in [4.78, 5) is 19.3. The Labute approximate surface area is 167 Å². The molecule has 1 amide bonds. The summed E-state index contributed by atoms with van der Waals surface area (Å²) in [7, 11) is 0. The Morgan fingerprint density at radius 2 is 1.97 bits per heavy atom. The zero-order valence-electron chi connectivity index (χ0n) is 16.4. The molecule has 1 N–H and O–H groups in total. The number of likely N-dealkylation sites (tertiary alicyclic amines) is 1. The van der Waals surface area contributed by atoms with E-state index in [0.29, 0.717) is 18.8 Å². The van der Waals surface area contributed by atoms with Gasteiger partial charge in [0, 0.05) is 41.8 Å². The van der Waals surface area contributed by atoms with E-state index < -0.39 is 0 Å². The molecule has 1 aliphatic heterocycles. The van der Waals surface area contributed by atoms with Gasteiger partial charge in [-0.3, -0.25) is 9.78 Å². The minimum Gasteiger partial charge on any atom is -0.355 e. The van der Waals surface area contributed by atoms with Crippen LogP contribution < -0.4 is 5.32 Å². The zero-order chi connectivity index (χ0) is 20.4. The fourth-order valence-electron chi connectivity index (χ4n) is 3.65. The molecule has 150 valence electrons. The number of hydrogen-bond acceptors (Lipinski definition) is 6. The second-order valence-corrected chi connectivity index (χ2v) is 7.34. The van der Waals surface area contributed by atoms with Crippen LogP contribution in [0.1, 0.15) is 46.3 Å². The van der Waals surface area contributed by atoms with Crippen LogP contribution in [0.15, 0.2) is 41.0 Å². The minimum atomic E-state index is -0.272. The summed E-state index contributed by atoms with van der Waals surface area (Å²) in [5.41, 5.74) is 4.27. The van der Waals surface area contributed by atoms with Crippen LogP contribution >= 0.6 is 0 Å². The number of carbonyl (C=O) groups is 1. The number of rotatable bonds is 4. The molecule has 4 rings (SSSR count). The number of nitrogens with zero attached hydrogens (tertiary/aromatic N) is 4. The highest BCUT2D eigenvalue weighted by atomic mass is 19.1. The number of piperidine rings is 1. The lowest BCUT2D eigenvalue weighted by molar-refractivity contribution is 0.0694. The van der Waals surface area contributed by atoms with Gasteiger partial charge in [0.15, 0.2) is 5.69 Å². The molecular formula is C21H22FN5O2. The molecule has 1 fully saturated rings. The first-order valence-electron chi connectivity index (χ1n) is 9.59. The third kappa shape index (κ3) is 4.26. The number of nitrogens with one attached hydrogen (secondary N) is 1. The largest absolute Gasteiger partial charge is 0.355 e. The van der Waals surface area contributed by atoms with Crippen LogP contribution in [0.5, 0.6) is 0 Å². The van der Waals surface area contributed by atoms with Gasteiger partial charge in [0.05, 0.1) is 0 Å². The predicted octanol–water partition coefficient (Wildman–Crippen LogP) is 3.98. The normalized spacial score (nSPS) is 16.7. The molecule has 8 heteroatoms. The highest BCUT2D eigenvalue weighted by Crippen LogP contribution is 2.29. The molecule has 1 aromatic carbocycles. The van der Waals surface area contributed by atoms with Crippen molar-refractivity contribution < 1.29 is 13.8 Å². The molecule has 3 heterocycles. The molecule has 0 bridgehead atoms. The number of amides is 1. The first-order valence-corrected chi connectivity index (χ1v) is 9.59. The maximum Gasteiger partial charge on any atom is 0.278 e. The molecule has 2 aromatic heterocycles. The van der Waals surface area contributed by atoms with Gasteiger partial charge in [0.2, 0.25) is 0 Å². The van der Waals surface area contributed by atoms with Crippen molar-refractivity contribution in [3.05, 3.63) is 65.0 Å². The lowest BCUT2D eigenvalue weighted by Crippen LogP contribution is -2.39. The average molecular weight is 395 g/mol. The SMILES string of the molecule is Cc1cc(Nc2ccc(F)cc2)cc(C2CCCN(C(=O)c3nonc3C)C2)n1. The predicted molar refractivity (Wildman–Crippen MR) is 106 cm³/mol. The van der Waals surface area contributed by atoms with Crippen molar-refractivity contribution in [3.8, 4) is 0 Å². The Balaban J connectivity index is 1.53. The van der Waals surface area contributed by atoms with E-state index in [9.17, 15) is 9.18 Å². The lowest BCUT2D eigenvalue weighted by Gasteiger charge is -2.32. The summed E-state index contributed by atoms with van der Waals surface area (Å²) < 4.78 is 17.8. The third-order valence-electron chi connectivity index (χ3n) is 5.09. The van der Waals surface area contributed by atoms with Crippen LogP contribution in [0.4, 0.5) is 15.8 Å². The molecule has 1 unspecified atom stereocenters. The number of hydrogen-bond donors (Lipinski definition) is 1. The van der Waals surface area contributed by atoms with Crippen LogP contribution in [0.3, 0.4) is 0 Å². The van der Waals surface area contributed by atoms with Crippen LogP contribution in [0.2, 0.25) is 0 Å². The topological polar surface area (TPSA) is 84.2 Å². The van der Waals surface area contributed by atoms with Gasteiger partial charge in [0.25, 0.3) is 5.91 Å². The summed E-state index contributed by atoms with van der Waals surface area (Å²) in [6.07, 6.45) is 1.84. The van der Waals surface area contributed by atoms with E-state index in [2.05, 4.69) is 20.3 Å². The van der Waals surface area contributed by atoms with E-state index in [1.807, 2.05) is 19.1 Å². The van der Waals surface area contributed by atoms with Crippen molar-refractivity contribution in [2.45, 2.75) is 32.6 Å². The molecule has 1 atom stereocenters. The van der Waals surface area contributed by atoms with Crippen molar-refractivity contribution in [3.63, 3.8) is 0 Å². The highest BCUT2D eigenvalue weighted by molar-refractivity contribution is 5.93. The highest BCUT2D eigenvalue weighted by Gasteiger charge is 2.29. The number of benzene rings is 1. The summed E-state index contributed by atoms with van der Waals surface area (Å²) in [5, 5.41) is 10.7. The Hall–Kier alpha value is -3.29. The molecule has 7 nitrogen and oxygen atoms in total. The minimum absolute atomic E-state index is 0.126. The van der Waals surface area contributed by atoms with Crippen molar-refractivity contribution in [1.29, 1.82) is 0 Å². The number of carbonyl (C=O) groups excluding carboxylic acids is 1. The van der Waals surface area contributed by atoms with E-state index in [0.717, 1.165) is 35.6 Å². The number of aromatic nitrogens is 3. The monoisotopic (exact) mass is 395 g/mol.